The molecule has 0 bridgehead atoms. The first-order valence-corrected chi connectivity index (χ1v) is 8.74. The Bertz CT molecular complexity index is 674. The summed E-state index contributed by atoms with van der Waals surface area (Å²) >= 11 is 5.86. The average molecular weight is 492 g/mol. The predicted molar refractivity (Wildman–Crippen MR) is 118 cm³/mol. The Labute approximate surface area is 177 Å². The van der Waals surface area contributed by atoms with Crippen molar-refractivity contribution in [3.05, 3.63) is 47.2 Å². The molecule has 6 nitrogen and oxygen atoms in total. The Balaban J connectivity index is 0.00000338. The molecule has 8 heteroatoms. The molecule has 2 rings (SSSR count). The van der Waals surface area contributed by atoms with Crippen molar-refractivity contribution in [3.8, 4) is 5.75 Å². The summed E-state index contributed by atoms with van der Waals surface area (Å²) in [5.41, 5.74) is 1.25. The fourth-order valence-corrected chi connectivity index (χ4v) is 2.54. The van der Waals surface area contributed by atoms with E-state index in [4.69, 9.17) is 16.3 Å². The molecule has 0 aliphatic carbocycles. The molecular formula is C18H27ClIN5O. The van der Waals surface area contributed by atoms with Crippen molar-refractivity contribution in [1.29, 1.82) is 0 Å². The van der Waals surface area contributed by atoms with E-state index in [1.165, 1.54) is 5.56 Å². The molecule has 1 heterocycles. The maximum Gasteiger partial charge on any atom is 0.193 e. The molecule has 0 unspecified atom stereocenters. The molecule has 26 heavy (non-hydrogen) atoms. The van der Waals surface area contributed by atoms with Gasteiger partial charge in [-0.15, -0.1) is 24.0 Å². The van der Waals surface area contributed by atoms with Gasteiger partial charge in [0.2, 0.25) is 0 Å². The highest BCUT2D eigenvalue weighted by Crippen LogP contribution is 2.15. The number of aryl methyl sites for hydroxylation is 2. The number of hydrogen-bond donors (Lipinski definition) is 1. The van der Waals surface area contributed by atoms with E-state index in [2.05, 4.69) is 26.5 Å². The summed E-state index contributed by atoms with van der Waals surface area (Å²) in [5, 5.41) is 8.27. The molecule has 0 saturated carbocycles. The first kappa shape index (κ1) is 22.6. The van der Waals surface area contributed by atoms with Gasteiger partial charge in [-0.1, -0.05) is 11.6 Å². The summed E-state index contributed by atoms with van der Waals surface area (Å²) in [6.45, 7) is 2.18. The summed E-state index contributed by atoms with van der Waals surface area (Å²) in [7, 11) is 5.73. The molecule has 0 radical (unpaired) electrons. The molecule has 0 saturated heterocycles. The highest BCUT2D eigenvalue weighted by molar-refractivity contribution is 14.0. The van der Waals surface area contributed by atoms with Crippen molar-refractivity contribution in [2.24, 2.45) is 12.0 Å². The van der Waals surface area contributed by atoms with E-state index in [0.29, 0.717) is 11.6 Å². The third-order valence-corrected chi connectivity index (χ3v) is 4.02. The largest absolute Gasteiger partial charge is 0.492 e. The average Bonchev–Trinajstić information content (AvgIpc) is 3.02. The van der Waals surface area contributed by atoms with Gasteiger partial charge in [-0.05, 0) is 42.7 Å². The maximum atomic E-state index is 5.86. The maximum absolute atomic E-state index is 5.86. The second kappa shape index (κ2) is 12.0. The van der Waals surface area contributed by atoms with Gasteiger partial charge in [0.1, 0.15) is 12.4 Å². The van der Waals surface area contributed by atoms with Gasteiger partial charge in [0.25, 0.3) is 0 Å². The van der Waals surface area contributed by atoms with Crippen LogP contribution in [0.2, 0.25) is 5.02 Å². The molecule has 2 aromatic rings. The number of nitrogens with zero attached hydrogens (tertiary/aromatic N) is 4. The summed E-state index contributed by atoms with van der Waals surface area (Å²) < 4.78 is 7.55. The molecular weight excluding hydrogens is 465 g/mol. The summed E-state index contributed by atoms with van der Waals surface area (Å²) in [5.74, 6) is 1.68. The quantitative estimate of drug-likeness (QED) is 0.267. The Kier molecular flexibility index (Phi) is 10.4. The Morgan fingerprint density at radius 3 is 2.69 bits per heavy atom. The van der Waals surface area contributed by atoms with Crippen molar-refractivity contribution in [2.75, 3.05) is 33.8 Å². The number of hydrogen-bond acceptors (Lipinski definition) is 3. The van der Waals surface area contributed by atoms with Crippen LogP contribution < -0.4 is 10.1 Å². The van der Waals surface area contributed by atoms with Crippen LogP contribution in [0, 0.1) is 0 Å². The predicted octanol–water partition coefficient (Wildman–Crippen LogP) is 3.21. The van der Waals surface area contributed by atoms with E-state index in [0.717, 1.165) is 37.6 Å². The lowest BCUT2D eigenvalue weighted by molar-refractivity contribution is 0.281. The van der Waals surface area contributed by atoms with E-state index >= 15 is 0 Å². The van der Waals surface area contributed by atoms with Crippen LogP contribution in [0.1, 0.15) is 12.0 Å². The van der Waals surface area contributed by atoms with Crippen molar-refractivity contribution < 1.29 is 4.74 Å². The first-order valence-electron chi connectivity index (χ1n) is 8.36. The molecule has 0 aliphatic rings. The number of ether oxygens (including phenoxy) is 1. The molecule has 0 amide bonds. The van der Waals surface area contributed by atoms with Crippen LogP contribution in [-0.2, 0) is 13.5 Å². The Morgan fingerprint density at radius 1 is 1.35 bits per heavy atom. The van der Waals surface area contributed by atoms with Crippen LogP contribution in [0.15, 0.2) is 41.7 Å². The number of nitrogens with one attached hydrogen (secondary N) is 1. The van der Waals surface area contributed by atoms with Gasteiger partial charge in [0.15, 0.2) is 5.96 Å². The van der Waals surface area contributed by atoms with Crippen LogP contribution >= 0.6 is 35.6 Å². The molecule has 0 atom stereocenters. The fourth-order valence-electron chi connectivity index (χ4n) is 2.42. The minimum atomic E-state index is 0. The van der Waals surface area contributed by atoms with Gasteiger partial charge in [-0.3, -0.25) is 9.67 Å². The zero-order valence-corrected chi connectivity index (χ0v) is 18.6. The number of likely N-dealkylation sites (N-methyl/N-ethyl adjacent to an activating group) is 1. The zero-order chi connectivity index (χ0) is 18.1. The monoisotopic (exact) mass is 491 g/mol. The number of halogens is 2. The third-order valence-electron chi connectivity index (χ3n) is 3.77. The van der Waals surface area contributed by atoms with Gasteiger partial charge < -0.3 is 15.0 Å². The van der Waals surface area contributed by atoms with Crippen LogP contribution in [0.25, 0.3) is 0 Å². The van der Waals surface area contributed by atoms with Crippen LogP contribution in [0.3, 0.4) is 0 Å². The lowest BCUT2D eigenvalue weighted by atomic mass is 10.2. The number of rotatable bonds is 8. The normalized spacial score (nSPS) is 11.0. The van der Waals surface area contributed by atoms with Crippen LogP contribution in [0.5, 0.6) is 5.75 Å². The van der Waals surface area contributed by atoms with E-state index in [9.17, 15) is 0 Å². The van der Waals surface area contributed by atoms with Gasteiger partial charge >= 0.3 is 0 Å². The standard InChI is InChI=1S/C18H26ClN5O.HI/c1-20-18(21-10-4-5-15-13-22-24(3)14-15)23(2)11-12-25-17-8-6-16(19)7-9-17;/h6-9,13-14H,4-5,10-12H2,1-3H3,(H,20,21);1H. The Morgan fingerprint density at radius 2 is 2.08 bits per heavy atom. The minimum Gasteiger partial charge on any atom is -0.492 e. The second-order valence-electron chi connectivity index (χ2n) is 5.82. The third kappa shape index (κ3) is 7.82. The summed E-state index contributed by atoms with van der Waals surface area (Å²) in [6, 6.07) is 7.38. The summed E-state index contributed by atoms with van der Waals surface area (Å²) in [6.07, 6.45) is 5.99. The van der Waals surface area contributed by atoms with Crippen LogP contribution in [0.4, 0.5) is 0 Å². The molecule has 1 N–H and O–H groups in total. The molecule has 0 fully saturated rings. The fraction of sp³-hybridized carbons (Fsp3) is 0.444. The van der Waals surface area contributed by atoms with Crippen molar-refractivity contribution >= 4 is 41.5 Å². The van der Waals surface area contributed by atoms with E-state index in [1.807, 2.05) is 49.2 Å². The number of aliphatic imine (C=N–C) groups is 1. The molecule has 1 aromatic carbocycles. The zero-order valence-electron chi connectivity index (χ0n) is 15.5. The number of aromatic nitrogens is 2. The van der Waals surface area contributed by atoms with Gasteiger partial charge in [-0.25, -0.2) is 0 Å². The highest BCUT2D eigenvalue weighted by atomic mass is 127. The number of benzene rings is 1. The van der Waals surface area contributed by atoms with Crippen molar-refractivity contribution in [2.45, 2.75) is 12.8 Å². The molecule has 0 aliphatic heterocycles. The minimum absolute atomic E-state index is 0. The summed E-state index contributed by atoms with van der Waals surface area (Å²) in [4.78, 5) is 6.37. The van der Waals surface area contributed by atoms with Crippen molar-refractivity contribution in [3.63, 3.8) is 0 Å². The lowest BCUT2D eigenvalue weighted by Gasteiger charge is -2.22. The van der Waals surface area contributed by atoms with Gasteiger partial charge in [-0.2, -0.15) is 5.10 Å². The topological polar surface area (TPSA) is 54.7 Å². The second-order valence-corrected chi connectivity index (χ2v) is 6.26. The Hall–Kier alpha value is -1.48. The van der Waals surface area contributed by atoms with Gasteiger partial charge in [0.05, 0.1) is 12.7 Å². The van der Waals surface area contributed by atoms with E-state index in [-0.39, 0.29) is 24.0 Å². The molecule has 144 valence electrons. The van der Waals surface area contributed by atoms with Gasteiger partial charge in [0, 0.05) is 38.9 Å². The molecule has 0 spiro atoms. The van der Waals surface area contributed by atoms with Crippen LogP contribution in [-0.4, -0.2) is 54.4 Å². The van der Waals surface area contributed by atoms with E-state index in [1.54, 1.807) is 7.05 Å². The smallest absolute Gasteiger partial charge is 0.193 e. The van der Waals surface area contributed by atoms with Crippen molar-refractivity contribution in [1.82, 2.24) is 20.0 Å². The van der Waals surface area contributed by atoms with E-state index < -0.39 is 0 Å². The number of guanidine groups is 1. The SMILES string of the molecule is CN=C(NCCCc1cnn(C)c1)N(C)CCOc1ccc(Cl)cc1.I. The molecule has 1 aromatic heterocycles. The highest BCUT2D eigenvalue weighted by Gasteiger charge is 2.06. The first-order chi connectivity index (χ1) is 12.1. The lowest BCUT2D eigenvalue weighted by Crippen LogP contribution is -2.41.